The third-order valence-electron chi connectivity index (χ3n) is 3.23. The monoisotopic (exact) mass is 253 g/mol. The van der Waals surface area contributed by atoms with Crippen LogP contribution in [-0.2, 0) is 23.3 Å². The van der Waals surface area contributed by atoms with E-state index in [0.717, 1.165) is 11.4 Å². The molecule has 0 spiro atoms. The molecular weight excluding hydrogens is 233 g/mol. The summed E-state index contributed by atoms with van der Waals surface area (Å²) in [7, 11) is 0. The molecule has 4 nitrogen and oxygen atoms in total. The van der Waals surface area contributed by atoms with Crippen LogP contribution in [0.3, 0.4) is 0 Å². The summed E-state index contributed by atoms with van der Waals surface area (Å²) >= 11 is 0. The number of alkyl halides is 1. The van der Waals surface area contributed by atoms with E-state index in [1.807, 2.05) is 4.68 Å². The number of nitrogens with zero attached hydrogens (tertiary/aromatic N) is 3. The summed E-state index contributed by atoms with van der Waals surface area (Å²) in [5, 5.41) is 4.57. The molecule has 0 radical (unpaired) electrons. The number of halogens is 1. The molecule has 0 aliphatic carbocycles. The predicted octanol–water partition coefficient (Wildman–Crippen LogP) is 1.88. The number of hydrogen-bond acceptors (Lipinski definition) is 2. The molecule has 0 unspecified atom stereocenters. The largest absolute Gasteiger partial charge is 0.335 e. The van der Waals surface area contributed by atoms with Crippen molar-refractivity contribution in [2.45, 2.75) is 45.7 Å². The highest BCUT2D eigenvalue weighted by molar-refractivity contribution is 5.76. The van der Waals surface area contributed by atoms with E-state index in [4.69, 9.17) is 0 Å². The van der Waals surface area contributed by atoms with Crippen molar-refractivity contribution in [1.29, 1.82) is 0 Å². The molecule has 0 N–H and O–H groups in total. The first-order chi connectivity index (χ1) is 8.41. The Labute approximate surface area is 107 Å². The van der Waals surface area contributed by atoms with E-state index in [9.17, 15) is 9.18 Å². The molecule has 2 rings (SSSR count). The van der Waals surface area contributed by atoms with Crippen LogP contribution in [-0.4, -0.2) is 33.8 Å². The van der Waals surface area contributed by atoms with Crippen LogP contribution in [0.15, 0.2) is 6.07 Å². The van der Waals surface area contributed by atoms with Crippen LogP contribution < -0.4 is 0 Å². The summed E-state index contributed by atoms with van der Waals surface area (Å²) in [6.07, 6.45) is -0.0136. The topological polar surface area (TPSA) is 38.1 Å². The van der Waals surface area contributed by atoms with E-state index in [-0.39, 0.29) is 17.7 Å². The number of rotatable bonds is 2. The molecule has 0 atom stereocenters. The lowest BCUT2D eigenvalue weighted by Crippen LogP contribution is -2.38. The molecular formula is C13H20FN3O. The average Bonchev–Trinajstić information content (AvgIpc) is 2.71. The molecule has 1 aromatic heterocycles. The van der Waals surface area contributed by atoms with Crippen molar-refractivity contribution in [2.24, 2.45) is 0 Å². The lowest BCUT2D eigenvalue weighted by atomic mass is 9.92. The second kappa shape index (κ2) is 4.71. The average molecular weight is 253 g/mol. The zero-order valence-electron chi connectivity index (χ0n) is 11.2. The van der Waals surface area contributed by atoms with E-state index in [1.54, 1.807) is 4.90 Å². The van der Waals surface area contributed by atoms with Crippen molar-refractivity contribution in [2.75, 3.05) is 13.2 Å². The standard InChI is InChI=1S/C13H20FN3O/c1-13(2,3)11-8-10-9-16(12(18)4-5-14)6-7-17(10)15-11/h8H,4-7,9H2,1-3H3. The number of hydrogen-bond donors (Lipinski definition) is 0. The van der Waals surface area contributed by atoms with Crippen molar-refractivity contribution in [3.05, 3.63) is 17.5 Å². The predicted molar refractivity (Wildman–Crippen MR) is 66.9 cm³/mol. The first-order valence-electron chi connectivity index (χ1n) is 6.33. The molecule has 0 fully saturated rings. The van der Waals surface area contributed by atoms with Gasteiger partial charge in [0.2, 0.25) is 5.91 Å². The minimum Gasteiger partial charge on any atom is -0.335 e. The first kappa shape index (κ1) is 13.1. The molecule has 0 saturated heterocycles. The molecule has 100 valence electrons. The van der Waals surface area contributed by atoms with E-state index in [1.165, 1.54) is 0 Å². The van der Waals surface area contributed by atoms with E-state index >= 15 is 0 Å². The van der Waals surface area contributed by atoms with Crippen LogP contribution in [0.2, 0.25) is 0 Å². The third kappa shape index (κ3) is 2.54. The summed E-state index contributed by atoms with van der Waals surface area (Å²) in [6, 6.07) is 2.05. The Morgan fingerprint density at radius 2 is 2.17 bits per heavy atom. The van der Waals surface area contributed by atoms with Gasteiger partial charge in [-0.2, -0.15) is 5.10 Å². The third-order valence-corrected chi connectivity index (χ3v) is 3.23. The maximum atomic E-state index is 12.2. The summed E-state index contributed by atoms with van der Waals surface area (Å²) in [4.78, 5) is 13.4. The Balaban J connectivity index is 2.15. The minimum absolute atomic E-state index is 0.0120. The quantitative estimate of drug-likeness (QED) is 0.807. The van der Waals surface area contributed by atoms with E-state index < -0.39 is 6.67 Å². The molecule has 0 saturated carbocycles. The van der Waals surface area contributed by atoms with Crippen LogP contribution >= 0.6 is 0 Å². The van der Waals surface area contributed by atoms with Gasteiger partial charge in [-0.1, -0.05) is 20.8 Å². The minimum atomic E-state index is -0.582. The Bertz CT molecular complexity index is 448. The van der Waals surface area contributed by atoms with Crippen molar-refractivity contribution in [3.8, 4) is 0 Å². The molecule has 0 bridgehead atoms. The fraction of sp³-hybridized carbons (Fsp3) is 0.692. The van der Waals surface area contributed by atoms with Crippen LogP contribution in [0.4, 0.5) is 4.39 Å². The van der Waals surface area contributed by atoms with Crippen molar-refractivity contribution in [3.63, 3.8) is 0 Å². The van der Waals surface area contributed by atoms with Gasteiger partial charge in [0.15, 0.2) is 0 Å². The van der Waals surface area contributed by atoms with Crippen LogP contribution in [0, 0.1) is 0 Å². The summed E-state index contributed by atoms with van der Waals surface area (Å²) in [5.74, 6) is -0.109. The zero-order valence-corrected chi connectivity index (χ0v) is 11.2. The van der Waals surface area contributed by atoms with Gasteiger partial charge >= 0.3 is 0 Å². The number of fused-ring (bicyclic) bond motifs is 1. The highest BCUT2D eigenvalue weighted by Crippen LogP contribution is 2.24. The molecule has 1 amide bonds. The summed E-state index contributed by atoms with van der Waals surface area (Å²) < 4.78 is 14.1. The molecule has 5 heteroatoms. The Morgan fingerprint density at radius 3 is 2.78 bits per heavy atom. The smallest absolute Gasteiger partial charge is 0.225 e. The maximum Gasteiger partial charge on any atom is 0.225 e. The van der Waals surface area contributed by atoms with Gasteiger partial charge in [0.05, 0.1) is 37.6 Å². The molecule has 1 aliphatic heterocycles. The highest BCUT2D eigenvalue weighted by atomic mass is 19.1. The molecule has 0 aromatic carbocycles. The molecule has 1 aromatic rings. The lowest BCUT2D eigenvalue weighted by Gasteiger charge is -2.27. The van der Waals surface area contributed by atoms with Gasteiger partial charge in [-0.3, -0.25) is 13.9 Å². The fourth-order valence-corrected chi connectivity index (χ4v) is 2.08. The molecule has 1 aliphatic rings. The number of amides is 1. The van der Waals surface area contributed by atoms with Crippen molar-refractivity contribution < 1.29 is 9.18 Å². The van der Waals surface area contributed by atoms with Gasteiger partial charge in [-0.25, -0.2) is 0 Å². The van der Waals surface area contributed by atoms with Gasteiger partial charge in [-0.15, -0.1) is 0 Å². The summed E-state index contributed by atoms with van der Waals surface area (Å²) in [5.41, 5.74) is 2.09. The van der Waals surface area contributed by atoms with Gasteiger partial charge in [0, 0.05) is 12.0 Å². The molecule has 18 heavy (non-hydrogen) atoms. The summed E-state index contributed by atoms with van der Waals surface area (Å²) in [6.45, 7) is 7.64. The lowest BCUT2D eigenvalue weighted by molar-refractivity contribution is -0.132. The van der Waals surface area contributed by atoms with Crippen LogP contribution in [0.1, 0.15) is 38.6 Å². The SMILES string of the molecule is CC(C)(C)c1cc2n(n1)CCN(C(=O)CCF)C2. The molecule has 2 heterocycles. The van der Waals surface area contributed by atoms with Crippen molar-refractivity contribution >= 4 is 5.91 Å². The normalized spacial score (nSPS) is 15.7. The number of aromatic nitrogens is 2. The Hall–Kier alpha value is -1.39. The van der Waals surface area contributed by atoms with Gasteiger partial charge in [0.1, 0.15) is 0 Å². The van der Waals surface area contributed by atoms with Crippen LogP contribution in [0.5, 0.6) is 0 Å². The number of carbonyl (C=O) groups excluding carboxylic acids is 1. The van der Waals surface area contributed by atoms with E-state index in [0.29, 0.717) is 19.6 Å². The fourth-order valence-electron chi connectivity index (χ4n) is 2.08. The van der Waals surface area contributed by atoms with Gasteiger partial charge < -0.3 is 4.90 Å². The Morgan fingerprint density at radius 1 is 1.44 bits per heavy atom. The highest BCUT2D eigenvalue weighted by Gasteiger charge is 2.25. The number of carbonyl (C=O) groups is 1. The van der Waals surface area contributed by atoms with E-state index in [2.05, 4.69) is 31.9 Å². The van der Waals surface area contributed by atoms with Gasteiger partial charge in [-0.05, 0) is 6.07 Å². The van der Waals surface area contributed by atoms with Gasteiger partial charge in [0.25, 0.3) is 0 Å². The van der Waals surface area contributed by atoms with Crippen LogP contribution in [0.25, 0.3) is 0 Å². The second-order valence-electron chi connectivity index (χ2n) is 5.75. The zero-order chi connectivity index (χ0) is 13.3. The maximum absolute atomic E-state index is 12.2. The van der Waals surface area contributed by atoms with Crippen molar-refractivity contribution in [1.82, 2.24) is 14.7 Å². The first-order valence-corrected chi connectivity index (χ1v) is 6.33. The Kier molecular flexibility index (Phi) is 3.41. The second-order valence-corrected chi connectivity index (χ2v) is 5.75.